The number of carbonyl (C=O) groups is 2. The van der Waals surface area contributed by atoms with Gasteiger partial charge in [0.1, 0.15) is 23.8 Å². The van der Waals surface area contributed by atoms with Gasteiger partial charge in [0.05, 0.1) is 13.7 Å². The highest BCUT2D eigenvalue weighted by Gasteiger charge is 2.34. The number of benzene rings is 2. The standard InChI is InChI=1S/C37H49N3O6/c1-24(2)35-39-33(23-45-35)30-6-5-7-31(21-30)40(36(42)28-12-15-32(16-13-28)46-37(43)38-18-19-41)22-26-8-10-27(11-9-26)29-14-17-34(44-4)25(3)20-29/h5-7,14,17,20-21,23-24,26-28,32,41H,8-13,15-16,18-19,22H2,1-4H3,(H,38,43)/t26-,27-,28-,32-. The number of alkyl carbamates (subject to hydrolysis) is 1. The Bertz CT molecular complexity index is 1450. The number of aliphatic hydroxyl groups is 1. The highest BCUT2D eigenvalue weighted by molar-refractivity contribution is 5.95. The first kappa shape index (κ1) is 33.5. The van der Waals surface area contributed by atoms with E-state index < -0.39 is 6.09 Å². The van der Waals surface area contributed by atoms with Crippen molar-refractivity contribution in [2.24, 2.45) is 11.8 Å². The number of oxazole rings is 1. The lowest BCUT2D eigenvalue weighted by Crippen LogP contribution is -2.42. The molecule has 2 amide bonds. The average molecular weight is 632 g/mol. The highest BCUT2D eigenvalue weighted by atomic mass is 16.6. The molecule has 0 atom stereocenters. The van der Waals surface area contributed by atoms with Crippen LogP contribution < -0.4 is 15.0 Å². The summed E-state index contributed by atoms with van der Waals surface area (Å²) in [4.78, 5) is 33.0. The van der Waals surface area contributed by atoms with Gasteiger partial charge in [-0.1, -0.05) is 38.1 Å². The van der Waals surface area contributed by atoms with E-state index in [4.69, 9.17) is 24.0 Å². The van der Waals surface area contributed by atoms with E-state index in [0.717, 1.165) is 53.9 Å². The van der Waals surface area contributed by atoms with E-state index in [-0.39, 0.29) is 37.0 Å². The molecule has 2 aliphatic rings. The van der Waals surface area contributed by atoms with Crippen LogP contribution in [0.3, 0.4) is 0 Å². The first-order chi connectivity index (χ1) is 22.2. The molecule has 0 saturated heterocycles. The number of hydrogen-bond donors (Lipinski definition) is 2. The topological polar surface area (TPSA) is 114 Å². The van der Waals surface area contributed by atoms with Gasteiger partial charge in [0, 0.05) is 36.2 Å². The van der Waals surface area contributed by atoms with Crippen LogP contribution in [-0.2, 0) is 9.53 Å². The summed E-state index contributed by atoms with van der Waals surface area (Å²) in [5.41, 5.74) is 5.11. The Balaban J connectivity index is 1.30. The fourth-order valence-corrected chi connectivity index (χ4v) is 6.93. The number of aliphatic hydroxyl groups excluding tert-OH is 1. The van der Waals surface area contributed by atoms with E-state index >= 15 is 0 Å². The van der Waals surface area contributed by atoms with Crippen molar-refractivity contribution in [2.45, 2.75) is 90.1 Å². The van der Waals surface area contributed by atoms with Crippen LogP contribution in [0.1, 0.15) is 94.1 Å². The molecule has 5 rings (SSSR count). The van der Waals surface area contributed by atoms with Crippen LogP contribution in [0, 0.1) is 18.8 Å². The molecule has 2 saturated carbocycles. The third-order valence-corrected chi connectivity index (χ3v) is 9.59. The Kier molecular flexibility index (Phi) is 11.4. The molecule has 1 heterocycles. The molecule has 0 aliphatic heterocycles. The zero-order chi connectivity index (χ0) is 32.6. The Hall–Kier alpha value is -3.85. The molecule has 2 aliphatic carbocycles. The molecule has 248 valence electrons. The lowest BCUT2D eigenvalue weighted by molar-refractivity contribution is -0.124. The summed E-state index contributed by atoms with van der Waals surface area (Å²) in [6.07, 6.45) is 7.87. The summed E-state index contributed by atoms with van der Waals surface area (Å²) in [5, 5.41) is 11.5. The third-order valence-electron chi connectivity index (χ3n) is 9.59. The number of ether oxygens (including phenoxy) is 2. The van der Waals surface area contributed by atoms with Crippen molar-refractivity contribution >= 4 is 17.7 Å². The second-order valence-electron chi connectivity index (χ2n) is 13.2. The van der Waals surface area contributed by atoms with E-state index in [1.54, 1.807) is 13.4 Å². The van der Waals surface area contributed by atoms with Crippen molar-refractivity contribution in [3.8, 4) is 17.0 Å². The van der Waals surface area contributed by atoms with Crippen molar-refractivity contribution in [3.63, 3.8) is 0 Å². The van der Waals surface area contributed by atoms with Gasteiger partial charge in [0.25, 0.3) is 0 Å². The lowest BCUT2D eigenvalue weighted by atomic mass is 9.78. The van der Waals surface area contributed by atoms with Crippen LogP contribution in [0.5, 0.6) is 5.75 Å². The molecule has 2 N–H and O–H groups in total. The SMILES string of the molecule is COc1ccc([C@H]2CC[C@H](CN(c3cccc(-c4coc(C(C)C)n4)c3)C(=O)[C@H]3CC[C@H](OC(=O)NCCO)CC3)CC2)cc1C. The second-order valence-corrected chi connectivity index (χ2v) is 13.2. The Labute approximate surface area is 272 Å². The zero-order valence-corrected chi connectivity index (χ0v) is 27.7. The monoisotopic (exact) mass is 631 g/mol. The smallest absolute Gasteiger partial charge is 0.407 e. The van der Waals surface area contributed by atoms with E-state index in [1.807, 2.05) is 23.1 Å². The molecule has 9 heteroatoms. The van der Waals surface area contributed by atoms with Gasteiger partial charge in [-0.05, 0) is 99.5 Å². The molecular formula is C37H49N3O6. The quantitative estimate of drug-likeness (QED) is 0.227. The minimum absolute atomic E-state index is 0.133. The Morgan fingerprint density at radius 2 is 1.80 bits per heavy atom. The van der Waals surface area contributed by atoms with Crippen LogP contribution in [0.4, 0.5) is 10.5 Å². The van der Waals surface area contributed by atoms with E-state index in [1.165, 1.54) is 5.56 Å². The van der Waals surface area contributed by atoms with Crippen LogP contribution in [0.25, 0.3) is 11.3 Å². The number of nitrogens with one attached hydrogen (secondary N) is 1. The summed E-state index contributed by atoms with van der Waals surface area (Å²) in [6.45, 7) is 6.91. The largest absolute Gasteiger partial charge is 0.496 e. The molecule has 3 aromatic rings. The number of aryl methyl sites for hydroxylation is 1. The predicted molar refractivity (Wildman–Crippen MR) is 178 cm³/mol. The van der Waals surface area contributed by atoms with Crippen LogP contribution in [0.15, 0.2) is 53.1 Å². The highest BCUT2D eigenvalue weighted by Crippen LogP contribution is 2.39. The molecular weight excluding hydrogens is 582 g/mol. The third kappa shape index (κ3) is 8.29. The molecule has 46 heavy (non-hydrogen) atoms. The number of hydrogen-bond acceptors (Lipinski definition) is 7. The Morgan fingerprint density at radius 1 is 1.04 bits per heavy atom. The number of carbonyl (C=O) groups excluding carboxylic acids is 2. The molecule has 9 nitrogen and oxygen atoms in total. The maximum absolute atomic E-state index is 14.3. The predicted octanol–water partition coefficient (Wildman–Crippen LogP) is 7.37. The summed E-state index contributed by atoms with van der Waals surface area (Å²) in [5.74, 6) is 2.72. The van der Waals surface area contributed by atoms with Crippen LogP contribution in [-0.4, -0.2) is 55.0 Å². The van der Waals surface area contributed by atoms with Crippen molar-refractivity contribution in [3.05, 3.63) is 65.7 Å². The average Bonchev–Trinajstić information content (AvgIpc) is 3.58. The molecule has 2 fully saturated rings. The van der Waals surface area contributed by atoms with Crippen LogP contribution in [0.2, 0.25) is 0 Å². The molecule has 0 spiro atoms. The summed E-state index contributed by atoms with van der Waals surface area (Å²) in [6, 6.07) is 14.6. The normalized spacial score (nSPS) is 21.5. The van der Waals surface area contributed by atoms with E-state index in [0.29, 0.717) is 50.0 Å². The molecule has 0 unspecified atom stereocenters. The van der Waals surface area contributed by atoms with Gasteiger partial charge >= 0.3 is 6.09 Å². The zero-order valence-electron chi connectivity index (χ0n) is 27.7. The number of amides is 2. The summed E-state index contributed by atoms with van der Waals surface area (Å²) < 4.78 is 16.7. The second kappa shape index (κ2) is 15.6. The molecule has 0 bridgehead atoms. The first-order valence-corrected chi connectivity index (χ1v) is 16.8. The minimum Gasteiger partial charge on any atom is -0.496 e. The number of anilines is 1. The van der Waals surface area contributed by atoms with Gasteiger partial charge in [0.15, 0.2) is 5.89 Å². The fraction of sp³-hybridized carbons (Fsp3) is 0.541. The van der Waals surface area contributed by atoms with Gasteiger partial charge in [0.2, 0.25) is 5.91 Å². The Morgan fingerprint density at radius 3 is 2.46 bits per heavy atom. The summed E-state index contributed by atoms with van der Waals surface area (Å²) >= 11 is 0. The number of rotatable bonds is 11. The van der Waals surface area contributed by atoms with Gasteiger partial charge in [-0.15, -0.1) is 0 Å². The van der Waals surface area contributed by atoms with Crippen LogP contribution >= 0.6 is 0 Å². The lowest BCUT2D eigenvalue weighted by Gasteiger charge is -2.36. The van der Waals surface area contributed by atoms with E-state index in [2.05, 4.69) is 50.4 Å². The molecule has 0 radical (unpaired) electrons. The van der Waals surface area contributed by atoms with Crippen molar-refractivity contribution in [1.82, 2.24) is 10.3 Å². The van der Waals surface area contributed by atoms with Crippen molar-refractivity contribution < 1.29 is 28.6 Å². The van der Waals surface area contributed by atoms with E-state index in [9.17, 15) is 9.59 Å². The van der Waals surface area contributed by atoms with Crippen molar-refractivity contribution in [1.29, 1.82) is 0 Å². The van der Waals surface area contributed by atoms with Crippen molar-refractivity contribution in [2.75, 3.05) is 31.7 Å². The van der Waals surface area contributed by atoms with Gasteiger partial charge in [-0.2, -0.15) is 0 Å². The van der Waals surface area contributed by atoms with Gasteiger partial charge < -0.3 is 29.2 Å². The van der Waals surface area contributed by atoms with Gasteiger partial charge in [-0.25, -0.2) is 9.78 Å². The maximum Gasteiger partial charge on any atom is 0.407 e. The number of aromatic nitrogens is 1. The molecule has 1 aromatic heterocycles. The van der Waals surface area contributed by atoms with Gasteiger partial charge in [-0.3, -0.25) is 4.79 Å². The fourth-order valence-electron chi connectivity index (χ4n) is 6.93. The molecule has 2 aromatic carbocycles. The maximum atomic E-state index is 14.3. The summed E-state index contributed by atoms with van der Waals surface area (Å²) in [7, 11) is 1.71. The first-order valence-electron chi connectivity index (χ1n) is 16.8. The number of nitrogens with zero attached hydrogens (tertiary/aromatic N) is 2. The number of methoxy groups -OCH3 is 1. The minimum atomic E-state index is -0.517.